The van der Waals surface area contributed by atoms with E-state index in [2.05, 4.69) is 10.0 Å². The highest BCUT2D eigenvalue weighted by atomic mass is 32.2. The van der Waals surface area contributed by atoms with Crippen LogP contribution in [0, 0.1) is 13.8 Å². The Morgan fingerprint density at radius 3 is 2.52 bits per heavy atom. The highest BCUT2D eigenvalue weighted by molar-refractivity contribution is 7.98. The third-order valence-electron chi connectivity index (χ3n) is 3.31. The molecule has 0 aliphatic heterocycles. The zero-order chi connectivity index (χ0) is 15.9. The van der Waals surface area contributed by atoms with Gasteiger partial charge in [-0.25, -0.2) is 13.1 Å². The highest BCUT2D eigenvalue weighted by Crippen LogP contribution is 2.20. The summed E-state index contributed by atoms with van der Waals surface area (Å²) in [6.45, 7) is 7.94. The van der Waals surface area contributed by atoms with E-state index in [0.717, 1.165) is 35.4 Å². The Labute approximate surface area is 133 Å². The van der Waals surface area contributed by atoms with Crippen molar-refractivity contribution in [1.29, 1.82) is 0 Å². The maximum absolute atomic E-state index is 12.4. The second kappa shape index (κ2) is 8.78. The van der Waals surface area contributed by atoms with Gasteiger partial charge in [0.25, 0.3) is 0 Å². The first-order valence-electron chi connectivity index (χ1n) is 7.21. The normalized spacial score (nSPS) is 11.8. The molecule has 0 spiro atoms. The average molecular weight is 331 g/mol. The van der Waals surface area contributed by atoms with Crippen LogP contribution in [0.25, 0.3) is 0 Å². The van der Waals surface area contributed by atoms with Gasteiger partial charge in [-0.15, -0.1) is 0 Å². The number of hydrogen-bond acceptors (Lipinski definition) is 4. The fourth-order valence-corrected chi connectivity index (χ4v) is 3.90. The molecule has 0 aliphatic carbocycles. The number of benzene rings is 1. The van der Waals surface area contributed by atoms with Gasteiger partial charge >= 0.3 is 0 Å². The first-order valence-corrected chi connectivity index (χ1v) is 10.1. The molecule has 2 N–H and O–H groups in total. The molecular weight excluding hydrogens is 304 g/mol. The summed E-state index contributed by atoms with van der Waals surface area (Å²) in [5, 5.41) is 3.25. The zero-order valence-electron chi connectivity index (χ0n) is 13.3. The molecule has 0 bridgehead atoms. The SMILES string of the molecule is CCNCc1cc(S(=O)(=O)NCCCSC)c(C)cc1C. The van der Waals surface area contributed by atoms with Gasteiger partial charge in [0, 0.05) is 13.1 Å². The lowest BCUT2D eigenvalue weighted by Gasteiger charge is -2.14. The molecule has 1 aromatic rings. The fraction of sp³-hybridized carbons (Fsp3) is 0.600. The Balaban J connectivity index is 2.94. The van der Waals surface area contributed by atoms with Gasteiger partial charge in [0.15, 0.2) is 0 Å². The Bertz CT molecular complexity index is 557. The van der Waals surface area contributed by atoms with Gasteiger partial charge in [-0.2, -0.15) is 11.8 Å². The summed E-state index contributed by atoms with van der Waals surface area (Å²) in [5.41, 5.74) is 2.95. The number of hydrogen-bond donors (Lipinski definition) is 2. The van der Waals surface area contributed by atoms with Gasteiger partial charge < -0.3 is 5.32 Å². The van der Waals surface area contributed by atoms with Crippen LogP contribution < -0.4 is 10.0 Å². The highest BCUT2D eigenvalue weighted by Gasteiger charge is 2.17. The molecule has 0 fully saturated rings. The van der Waals surface area contributed by atoms with Crippen LogP contribution in [0.2, 0.25) is 0 Å². The summed E-state index contributed by atoms with van der Waals surface area (Å²) in [4.78, 5) is 0.394. The summed E-state index contributed by atoms with van der Waals surface area (Å²) in [7, 11) is -3.42. The van der Waals surface area contributed by atoms with E-state index in [0.29, 0.717) is 18.0 Å². The molecule has 0 saturated heterocycles. The Morgan fingerprint density at radius 1 is 1.19 bits per heavy atom. The molecule has 0 atom stereocenters. The molecule has 0 unspecified atom stereocenters. The van der Waals surface area contributed by atoms with E-state index < -0.39 is 10.0 Å². The monoisotopic (exact) mass is 330 g/mol. The number of nitrogens with one attached hydrogen (secondary N) is 2. The van der Waals surface area contributed by atoms with Crippen LogP contribution in [0.5, 0.6) is 0 Å². The minimum absolute atomic E-state index is 0.394. The number of thioether (sulfide) groups is 1. The second-order valence-electron chi connectivity index (χ2n) is 5.07. The molecule has 6 heteroatoms. The van der Waals surface area contributed by atoms with Crippen molar-refractivity contribution in [3.63, 3.8) is 0 Å². The Morgan fingerprint density at radius 2 is 1.90 bits per heavy atom. The van der Waals surface area contributed by atoms with Crippen LogP contribution >= 0.6 is 11.8 Å². The quantitative estimate of drug-likeness (QED) is 0.683. The zero-order valence-corrected chi connectivity index (χ0v) is 15.0. The third-order valence-corrected chi connectivity index (χ3v) is 5.61. The van der Waals surface area contributed by atoms with Gasteiger partial charge in [0.2, 0.25) is 10.0 Å². The van der Waals surface area contributed by atoms with Crippen LogP contribution in [-0.4, -0.2) is 33.5 Å². The summed E-state index contributed by atoms with van der Waals surface area (Å²) >= 11 is 1.72. The standard InChI is InChI=1S/C15H26N2O2S2/c1-5-16-11-14-10-15(13(3)9-12(14)2)21(18,19)17-7-6-8-20-4/h9-10,16-17H,5-8,11H2,1-4H3. The summed E-state index contributed by atoms with van der Waals surface area (Å²) in [6.07, 6.45) is 2.86. The molecule has 1 rings (SSSR count). The third kappa shape index (κ3) is 5.62. The molecule has 0 aliphatic rings. The summed E-state index contributed by atoms with van der Waals surface area (Å²) in [6, 6.07) is 3.74. The number of aryl methyl sites for hydroxylation is 2. The van der Waals surface area contributed by atoms with Crippen molar-refractivity contribution < 1.29 is 8.42 Å². The van der Waals surface area contributed by atoms with Crippen LogP contribution in [0.1, 0.15) is 30.0 Å². The van der Waals surface area contributed by atoms with E-state index in [1.165, 1.54) is 0 Å². The minimum Gasteiger partial charge on any atom is -0.313 e. The number of sulfonamides is 1. The van der Waals surface area contributed by atoms with E-state index >= 15 is 0 Å². The van der Waals surface area contributed by atoms with Crippen molar-refractivity contribution in [2.45, 2.75) is 38.6 Å². The molecule has 21 heavy (non-hydrogen) atoms. The van der Waals surface area contributed by atoms with Crippen LogP contribution in [0.4, 0.5) is 0 Å². The van der Waals surface area contributed by atoms with Crippen molar-refractivity contribution >= 4 is 21.8 Å². The van der Waals surface area contributed by atoms with E-state index in [1.54, 1.807) is 17.8 Å². The lowest BCUT2D eigenvalue weighted by Crippen LogP contribution is -2.26. The number of rotatable bonds is 9. The summed E-state index contributed by atoms with van der Waals surface area (Å²) < 4.78 is 27.5. The van der Waals surface area contributed by atoms with Crippen molar-refractivity contribution in [3.05, 3.63) is 28.8 Å². The molecule has 0 saturated carbocycles. The maximum Gasteiger partial charge on any atom is 0.240 e. The minimum atomic E-state index is -3.42. The lowest BCUT2D eigenvalue weighted by atomic mass is 10.1. The van der Waals surface area contributed by atoms with Gasteiger partial charge in [0.05, 0.1) is 4.90 Å². The smallest absolute Gasteiger partial charge is 0.240 e. The van der Waals surface area contributed by atoms with Gasteiger partial charge in [-0.1, -0.05) is 13.0 Å². The van der Waals surface area contributed by atoms with Crippen LogP contribution in [0.15, 0.2) is 17.0 Å². The topological polar surface area (TPSA) is 58.2 Å². The Kier molecular flexibility index (Phi) is 7.73. The predicted octanol–water partition coefficient (Wildman–Crippen LogP) is 2.44. The van der Waals surface area contributed by atoms with Gasteiger partial charge in [-0.3, -0.25) is 0 Å². The fourth-order valence-electron chi connectivity index (χ4n) is 2.11. The first kappa shape index (κ1) is 18.5. The van der Waals surface area contributed by atoms with Crippen molar-refractivity contribution in [2.75, 3.05) is 25.1 Å². The van der Waals surface area contributed by atoms with E-state index in [4.69, 9.17) is 0 Å². The summed E-state index contributed by atoms with van der Waals surface area (Å²) in [5.74, 6) is 0.959. The molecule has 0 heterocycles. The molecule has 4 nitrogen and oxygen atoms in total. The van der Waals surface area contributed by atoms with Crippen molar-refractivity contribution in [1.82, 2.24) is 10.0 Å². The molecule has 120 valence electrons. The second-order valence-corrected chi connectivity index (χ2v) is 7.79. The molecule has 0 radical (unpaired) electrons. The maximum atomic E-state index is 12.4. The van der Waals surface area contributed by atoms with Gasteiger partial charge in [0.1, 0.15) is 0 Å². The van der Waals surface area contributed by atoms with Crippen molar-refractivity contribution in [2.24, 2.45) is 0 Å². The Hall–Kier alpha value is -0.560. The van der Waals surface area contributed by atoms with E-state index in [1.807, 2.05) is 33.1 Å². The van der Waals surface area contributed by atoms with E-state index in [-0.39, 0.29) is 0 Å². The predicted molar refractivity (Wildman–Crippen MR) is 91.5 cm³/mol. The van der Waals surface area contributed by atoms with E-state index in [9.17, 15) is 8.42 Å². The molecule has 0 amide bonds. The average Bonchev–Trinajstić information content (AvgIpc) is 2.42. The van der Waals surface area contributed by atoms with Gasteiger partial charge in [-0.05, 0) is 61.6 Å². The molecule has 0 aromatic heterocycles. The molecular formula is C15H26N2O2S2. The van der Waals surface area contributed by atoms with Crippen molar-refractivity contribution in [3.8, 4) is 0 Å². The first-order chi connectivity index (χ1) is 9.92. The largest absolute Gasteiger partial charge is 0.313 e. The van der Waals surface area contributed by atoms with Crippen LogP contribution in [0.3, 0.4) is 0 Å². The molecule has 1 aromatic carbocycles. The van der Waals surface area contributed by atoms with Crippen LogP contribution in [-0.2, 0) is 16.6 Å². The lowest BCUT2D eigenvalue weighted by molar-refractivity contribution is 0.580.